The van der Waals surface area contributed by atoms with Gasteiger partial charge in [0.15, 0.2) is 6.61 Å². The Hall–Kier alpha value is -2.90. The normalized spacial score (nSPS) is 15.4. The Morgan fingerprint density at radius 2 is 1.87 bits per heavy atom. The van der Waals surface area contributed by atoms with Crippen molar-refractivity contribution >= 4 is 22.6 Å². The zero-order valence-corrected chi connectivity index (χ0v) is 17.7. The molecule has 1 aromatic heterocycles. The van der Waals surface area contributed by atoms with Gasteiger partial charge in [-0.2, -0.15) is 0 Å². The highest BCUT2D eigenvalue weighted by Crippen LogP contribution is 2.22. The topological polar surface area (TPSA) is 62.6 Å². The largest absolute Gasteiger partial charge is 0.484 e. The third-order valence-corrected chi connectivity index (χ3v) is 5.50. The number of piperazine rings is 1. The first-order valence-electron chi connectivity index (χ1n) is 10.5. The van der Waals surface area contributed by atoms with Crippen LogP contribution in [0.4, 0.5) is 5.69 Å². The van der Waals surface area contributed by atoms with Gasteiger partial charge in [0.1, 0.15) is 11.6 Å². The maximum Gasteiger partial charge on any atom is 0.262 e. The third-order valence-electron chi connectivity index (χ3n) is 5.50. The van der Waals surface area contributed by atoms with Gasteiger partial charge in [0.2, 0.25) is 0 Å². The minimum atomic E-state index is -0.189. The minimum absolute atomic E-state index is 0.0277. The molecule has 0 spiro atoms. The van der Waals surface area contributed by atoms with Crippen LogP contribution in [-0.4, -0.2) is 65.1 Å². The molecule has 158 valence electrons. The number of para-hydroxylation sites is 1. The molecule has 1 aliphatic rings. The van der Waals surface area contributed by atoms with Gasteiger partial charge in [-0.05, 0) is 44.3 Å². The first kappa shape index (κ1) is 20.4. The maximum atomic E-state index is 12.3. The van der Waals surface area contributed by atoms with E-state index in [0.717, 1.165) is 61.8 Å². The van der Waals surface area contributed by atoms with E-state index in [0.29, 0.717) is 5.75 Å². The monoisotopic (exact) mass is 407 g/mol. The van der Waals surface area contributed by atoms with Crippen LogP contribution in [0, 0.1) is 0 Å². The van der Waals surface area contributed by atoms with Crippen molar-refractivity contribution in [3.63, 3.8) is 0 Å². The van der Waals surface area contributed by atoms with Crippen molar-refractivity contribution in [3.8, 4) is 5.75 Å². The number of fused-ring (bicyclic) bond motifs is 1. The van der Waals surface area contributed by atoms with Crippen LogP contribution in [0.1, 0.15) is 12.7 Å². The van der Waals surface area contributed by atoms with Crippen LogP contribution in [-0.2, 0) is 17.9 Å². The summed E-state index contributed by atoms with van der Waals surface area (Å²) in [5.74, 6) is 1.57. The Labute approximate surface area is 177 Å². The average molecular weight is 408 g/mol. The van der Waals surface area contributed by atoms with Crippen LogP contribution < -0.4 is 10.1 Å². The summed E-state index contributed by atoms with van der Waals surface area (Å²) in [6.45, 7) is 8.14. The van der Waals surface area contributed by atoms with Crippen LogP contribution in [0.15, 0.2) is 48.5 Å². The van der Waals surface area contributed by atoms with Gasteiger partial charge >= 0.3 is 0 Å². The molecule has 30 heavy (non-hydrogen) atoms. The third kappa shape index (κ3) is 4.80. The number of imidazole rings is 1. The van der Waals surface area contributed by atoms with Crippen molar-refractivity contribution in [3.05, 3.63) is 54.4 Å². The highest BCUT2D eigenvalue weighted by Gasteiger charge is 2.18. The van der Waals surface area contributed by atoms with Gasteiger partial charge in [0.05, 0.1) is 17.6 Å². The summed E-state index contributed by atoms with van der Waals surface area (Å²) < 4.78 is 7.78. The first-order chi connectivity index (χ1) is 14.6. The second-order valence-electron chi connectivity index (χ2n) is 7.71. The van der Waals surface area contributed by atoms with Gasteiger partial charge < -0.3 is 19.5 Å². The van der Waals surface area contributed by atoms with Gasteiger partial charge in [0.25, 0.3) is 5.91 Å². The van der Waals surface area contributed by atoms with Gasteiger partial charge in [-0.25, -0.2) is 4.98 Å². The van der Waals surface area contributed by atoms with Crippen LogP contribution in [0.2, 0.25) is 0 Å². The number of aromatic nitrogens is 2. The first-order valence-corrected chi connectivity index (χ1v) is 10.5. The molecule has 1 saturated heterocycles. The van der Waals surface area contributed by atoms with E-state index in [1.165, 1.54) is 0 Å². The highest BCUT2D eigenvalue weighted by molar-refractivity contribution is 5.94. The van der Waals surface area contributed by atoms with Crippen molar-refractivity contribution in [1.29, 1.82) is 0 Å². The number of amides is 1. The minimum Gasteiger partial charge on any atom is -0.484 e. The number of anilines is 1. The summed E-state index contributed by atoms with van der Waals surface area (Å²) in [5, 5.41) is 2.91. The maximum absolute atomic E-state index is 12.3. The predicted molar refractivity (Wildman–Crippen MR) is 119 cm³/mol. The van der Waals surface area contributed by atoms with E-state index < -0.39 is 0 Å². The lowest BCUT2D eigenvalue weighted by molar-refractivity contribution is -0.118. The standard InChI is InChI=1S/C23H29N5O2/c1-3-28-21-10-9-18(24-23(29)17-30-19-7-5-4-6-8-19)15-20(21)25-22(28)16-27-13-11-26(2)12-14-27/h4-10,15H,3,11-14,16-17H2,1-2H3,(H,24,29). The zero-order chi connectivity index (χ0) is 20.9. The molecule has 0 saturated carbocycles. The quantitative estimate of drug-likeness (QED) is 0.653. The van der Waals surface area contributed by atoms with Gasteiger partial charge in [-0.1, -0.05) is 18.2 Å². The molecule has 1 N–H and O–H groups in total. The Morgan fingerprint density at radius 1 is 1.10 bits per heavy atom. The lowest BCUT2D eigenvalue weighted by Gasteiger charge is -2.32. The number of likely N-dealkylation sites (N-methyl/N-ethyl adjacent to an activating group) is 1. The van der Waals surface area contributed by atoms with Gasteiger partial charge in [-0.3, -0.25) is 9.69 Å². The van der Waals surface area contributed by atoms with E-state index in [4.69, 9.17) is 9.72 Å². The second-order valence-corrected chi connectivity index (χ2v) is 7.71. The molecular formula is C23H29N5O2. The second kappa shape index (κ2) is 9.28. The van der Waals surface area contributed by atoms with Crippen LogP contribution >= 0.6 is 0 Å². The lowest BCUT2D eigenvalue weighted by atomic mass is 10.2. The Kier molecular flexibility index (Phi) is 6.30. The Balaban J connectivity index is 1.43. The number of nitrogens with zero attached hydrogens (tertiary/aromatic N) is 4. The molecule has 0 atom stereocenters. The summed E-state index contributed by atoms with van der Waals surface area (Å²) in [6.07, 6.45) is 0. The molecule has 1 aliphatic heterocycles. The zero-order valence-electron chi connectivity index (χ0n) is 17.7. The van der Waals surface area contributed by atoms with Crippen LogP contribution in [0.5, 0.6) is 5.75 Å². The Bertz CT molecular complexity index is 994. The molecule has 0 bridgehead atoms. The number of hydrogen-bond donors (Lipinski definition) is 1. The molecule has 7 nitrogen and oxygen atoms in total. The summed E-state index contributed by atoms with van der Waals surface area (Å²) in [5.41, 5.74) is 2.74. The fraction of sp³-hybridized carbons (Fsp3) is 0.391. The van der Waals surface area contributed by atoms with Crippen molar-refractivity contribution in [2.75, 3.05) is 45.2 Å². The molecule has 2 aromatic carbocycles. The lowest BCUT2D eigenvalue weighted by Crippen LogP contribution is -2.44. The SMILES string of the molecule is CCn1c(CN2CCN(C)CC2)nc2cc(NC(=O)COc3ccccc3)ccc21. The molecule has 0 radical (unpaired) electrons. The molecule has 3 aromatic rings. The molecule has 0 unspecified atom stereocenters. The van der Waals surface area contributed by atoms with E-state index in [-0.39, 0.29) is 12.5 Å². The predicted octanol–water partition coefficient (Wildman–Crippen LogP) is 2.82. The van der Waals surface area contributed by atoms with Crippen molar-refractivity contribution in [2.24, 2.45) is 0 Å². The van der Waals surface area contributed by atoms with Gasteiger partial charge in [0, 0.05) is 38.4 Å². The number of ether oxygens (including phenoxy) is 1. The fourth-order valence-electron chi connectivity index (χ4n) is 3.80. The smallest absolute Gasteiger partial charge is 0.262 e. The van der Waals surface area contributed by atoms with Crippen molar-refractivity contribution in [2.45, 2.75) is 20.0 Å². The Morgan fingerprint density at radius 3 is 2.60 bits per heavy atom. The van der Waals surface area contributed by atoms with E-state index in [1.807, 2.05) is 48.5 Å². The van der Waals surface area contributed by atoms with Crippen LogP contribution in [0.3, 0.4) is 0 Å². The fourth-order valence-corrected chi connectivity index (χ4v) is 3.80. The van der Waals surface area contributed by atoms with E-state index in [9.17, 15) is 4.79 Å². The average Bonchev–Trinajstić information content (AvgIpc) is 3.10. The molecule has 1 fully saturated rings. The molecule has 0 aliphatic carbocycles. The molecular weight excluding hydrogens is 378 g/mol. The summed E-state index contributed by atoms with van der Waals surface area (Å²) in [6, 6.07) is 15.2. The van der Waals surface area contributed by atoms with Crippen LogP contribution in [0.25, 0.3) is 11.0 Å². The molecule has 2 heterocycles. The highest BCUT2D eigenvalue weighted by atomic mass is 16.5. The number of aryl methyl sites for hydroxylation is 1. The number of nitrogens with one attached hydrogen (secondary N) is 1. The molecule has 1 amide bonds. The number of hydrogen-bond acceptors (Lipinski definition) is 5. The van der Waals surface area contributed by atoms with Gasteiger partial charge in [-0.15, -0.1) is 0 Å². The van der Waals surface area contributed by atoms with E-state index in [1.54, 1.807) is 0 Å². The van der Waals surface area contributed by atoms with Crippen molar-refractivity contribution < 1.29 is 9.53 Å². The van der Waals surface area contributed by atoms with E-state index >= 15 is 0 Å². The number of carbonyl (C=O) groups is 1. The number of carbonyl (C=O) groups excluding carboxylic acids is 1. The number of benzene rings is 2. The summed E-state index contributed by atoms with van der Waals surface area (Å²) in [7, 11) is 2.17. The number of rotatable bonds is 7. The van der Waals surface area contributed by atoms with Crippen molar-refractivity contribution in [1.82, 2.24) is 19.4 Å². The summed E-state index contributed by atoms with van der Waals surface area (Å²) >= 11 is 0. The molecule has 7 heteroatoms. The van der Waals surface area contributed by atoms with E-state index in [2.05, 4.69) is 33.7 Å². The summed E-state index contributed by atoms with van der Waals surface area (Å²) in [4.78, 5) is 22.0. The molecule has 4 rings (SSSR count).